The number of hydrogen-bond donors (Lipinski definition) is 2. The third kappa shape index (κ3) is 4.55. The number of nitrogens with zero attached hydrogens (tertiary/aromatic N) is 3. The van der Waals surface area contributed by atoms with Gasteiger partial charge in [0.25, 0.3) is 0 Å². The molecule has 0 aliphatic carbocycles. The van der Waals surface area contributed by atoms with Gasteiger partial charge in [0.2, 0.25) is 5.91 Å². The summed E-state index contributed by atoms with van der Waals surface area (Å²) in [7, 11) is 1.59. The average molecular weight is 498 g/mol. The van der Waals surface area contributed by atoms with Crippen molar-refractivity contribution in [2.75, 3.05) is 17.3 Å². The lowest BCUT2D eigenvalue weighted by Gasteiger charge is -2.28. The maximum atomic E-state index is 12.0. The number of amides is 1. The Balaban J connectivity index is 1.57. The first kappa shape index (κ1) is 23.6. The van der Waals surface area contributed by atoms with Gasteiger partial charge in [0, 0.05) is 42.5 Å². The predicted molar refractivity (Wildman–Crippen MR) is 146 cm³/mol. The van der Waals surface area contributed by atoms with Gasteiger partial charge in [-0.05, 0) is 60.2 Å². The maximum absolute atomic E-state index is 12.0. The van der Waals surface area contributed by atoms with E-state index in [4.69, 9.17) is 17.0 Å². The van der Waals surface area contributed by atoms with Gasteiger partial charge in [-0.15, -0.1) is 0 Å². The molecule has 5 rings (SSSR count). The van der Waals surface area contributed by atoms with Gasteiger partial charge in [-0.3, -0.25) is 9.78 Å². The number of para-hydroxylation sites is 1. The van der Waals surface area contributed by atoms with Crippen LogP contribution in [0.25, 0.3) is 5.69 Å². The van der Waals surface area contributed by atoms with Crippen LogP contribution in [-0.4, -0.2) is 27.7 Å². The fraction of sp³-hybridized carbons (Fsp3) is 0.179. The maximum Gasteiger partial charge on any atom is 0.224 e. The molecule has 2 aromatic carbocycles. The van der Waals surface area contributed by atoms with Crippen molar-refractivity contribution in [3.05, 3.63) is 103 Å². The number of rotatable bonds is 7. The minimum Gasteiger partial charge on any atom is -0.494 e. The summed E-state index contributed by atoms with van der Waals surface area (Å²) in [4.78, 5) is 18.7. The van der Waals surface area contributed by atoms with Crippen molar-refractivity contribution in [1.29, 1.82) is 0 Å². The van der Waals surface area contributed by atoms with Crippen molar-refractivity contribution in [1.82, 2.24) is 14.9 Å². The number of ether oxygens (including phenoxy) is 1. The molecule has 0 spiro atoms. The van der Waals surface area contributed by atoms with Gasteiger partial charge in [0.1, 0.15) is 5.75 Å². The second-order valence-electron chi connectivity index (χ2n) is 8.47. The summed E-state index contributed by atoms with van der Waals surface area (Å²) in [5.74, 6) is 0.494. The van der Waals surface area contributed by atoms with E-state index in [2.05, 4.69) is 55.7 Å². The van der Waals surface area contributed by atoms with E-state index in [9.17, 15) is 4.79 Å². The topological polar surface area (TPSA) is 71.4 Å². The first-order valence-corrected chi connectivity index (χ1v) is 12.2. The van der Waals surface area contributed by atoms with Crippen molar-refractivity contribution < 1.29 is 9.53 Å². The smallest absolute Gasteiger partial charge is 0.224 e. The monoisotopic (exact) mass is 497 g/mol. The third-order valence-corrected chi connectivity index (χ3v) is 6.58. The van der Waals surface area contributed by atoms with E-state index in [-0.39, 0.29) is 18.0 Å². The molecule has 2 unspecified atom stereocenters. The molecular formula is C28H27N5O2S. The van der Waals surface area contributed by atoms with Crippen molar-refractivity contribution in [3.8, 4) is 11.4 Å². The first-order valence-electron chi connectivity index (χ1n) is 11.8. The molecule has 182 valence electrons. The molecule has 1 fully saturated rings. The highest BCUT2D eigenvalue weighted by atomic mass is 32.1. The van der Waals surface area contributed by atoms with Gasteiger partial charge in [-0.1, -0.05) is 31.2 Å². The highest BCUT2D eigenvalue weighted by Gasteiger charge is 2.41. The Morgan fingerprint density at radius 2 is 1.89 bits per heavy atom. The van der Waals surface area contributed by atoms with Crippen LogP contribution in [-0.2, 0) is 4.79 Å². The zero-order valence-corrected chi connectivity index (χ0v) is 20.9. The zero-order chi connectivity index (χ0) is 25.1. The summed E-state index contributed by atoms with van der Waals surface area (Å²) in [6.45, 7) is 1.81. The SMILES string of the molecule is CCC(=O)Nc1ccc(N2C(=S)NC(c3ccccn3)C2c2ccn(-c3ccccc3)c2)cc1OC. The Bertz CT molecular complexity index is 1370. The molecule has 0 radical (unpaired) electrons. The highest BCUT2D eigenvalue weighted by molar-refractivity contribution is 7.80. The van der Waals surface area contributed by atoms with Crippen LogP contribution in [0.5, 0.6) is 5.75 Å². The normalized spacial score (nSPS) is 17.1. The van der Waals surface area contributed by atoms with Crippen LogP contribution in [0.3, 0.4) is 0 Å². The number of hydrogen-bond acceptors (Lipinski definition) is 4. The van der Waals surface area contributed by atoms with Crippen LogP contribution < -0.4 is 20.3 Å². The average Bonchev–Trinajstić information content (AvgIpc) is 3.54. The molecule has 3 heterocycles. The molecule has 2 aromatic heterocycles. The molecule has 0 saturated carbocycles. The molecule has 0 bridgehead atoms. The lowest BCUT2D eigenvalue weighted by atomic mass is 9.98. The number of nitrogens with one attached hydrogen (secondary N) is 2. The van der Waals surface area contributed by atoms with E-state index in [0.29, 0.717) is 23.0 Å². The van der Waals surface area contributed by atoms with E-state index >= 15 is 0 Å². The van der Waals surface area contributed by atoms with Gasteiger partial charge in [-0.2, -0.15) is 0 Å². The van der Waals surface area contributed by atoms with Crippen molar-refractivity contribution in [2.45, 2.75) is 25.4 Å². The number of thiocarbonyl (C=S) groups is 1. The van der Waals surface area contributed by atoms with Crippen LogP contribution in [0.4, 0.5) is 11.4 Å². The van der Waals surface area contributed by atoms with Crippen molar-refractivity contribution >= 4 is 34.6 Å². The highest BCUT2D eigenvalue weighted by Crippen LogP contribution is 2.43. The van der Waals surface area contributed by atoms with Gasteiger partial charge < -0.3 is 24.8 Å². The molecule has 1 aliphatic rings. The number of carbonyl (C=O) groups is 1. The van der Waals surface area contributed by atoms with E-state index in [0.717, 1.165) is 22.6 Å². The largest absolute Gasteiger partial charge is 0.494 e. The van der Waals surface area contributed by atoms with Crippen LogP contribution in [0.2, 0.25) is 0 Å². The van der Waals surface area contributed by atoms with E-state index < -0.39 is 0 Å². The summed E-state index contributed by atoms with van der Waals surface area (Å²) in [6.07, 6.45) is 6.37. The Kier molecular flexibility index (Phi) is 6.69. The Labute approximate surface area is 215 Å². The predicted octanol–water partition coefficient (Wildman–Crippen LogP) is 5.41. The van der Waals surface area contributed by atoms with Gasteiger partial charge in [0.05, 0.1) is 30.6 Å². The summed E-state index contributed by atoms with van der Waals surface area (Å²) in [5, 5.41) is 6.97. The number of pyridine rings is 1. The summed E-state index contributed by atoms with van der Waals surface area (Å²) in [5.41, 5.74) is 4.55. The number of anilines is 2. The molecule has 1 saturated heterocycles. The van der Waals surface area contributed by atoms with E-state index in [1.165, 1.54) is 0 Å². The van der Waals surface area contributed by atoms with E-state index in [1.54, 1.807) is 13.3 Å². The number of aromatic nitrogens is 2. The number of benzene rings is 2. The molecule has 36 heavy (non-hydrogen) atoms. The van der Waals surface area contributed by atoms with Crippen molar-refractivity contribution in [2.24, 2.45) is 0 Å². The van der Waals surface area contributed by atoms with Gasteiger partial charge in [0.15, 0.2) is 5.11 Å². The number of carbonyl (C=O) groups excluding carboxylic acids is 1. The van der Waals surface area contributed by atoms with Crippen molar-refractivity contribution in [3.63, 3.8) is 0 Å². The molecule has 1 aliphatic heterocycles. The lowest BCUT2D eigenvalue weighted by molar-refractivity contribution is -0.115. The van der Waals surface area contributed by atoms with Crippen LogP contribution in [0.15, 0.2) is 91.4 Å². The first-order chi connectivity index (χ1) is 17.6. The quantitative estimate of drug-likeness (QED) is 0.333. The zero-order valence-electron chi connectivity index (χ0n) is 20.1. The Morgan fingerprint density at radius 1 is 1.08 bits per heavy atom. The fourth-order valence-corrected chi connectivity index (χ4v) is 4.84. The summed E-state index contributed by atoms with van der Waals surface area (Å²) >= 11 is 5.85. The minimum absolute atomic E-state index is 0.0743. The second-order valence-corrected chi connectivity index (χ2v) is 8.86. The summed E-state index contributed by atoms with van der Waals surface area (Å²) < 4.78 is 7.72. The molecule has 2 atom stereocenters. The van der Waals surface area contributed by atoms with Gasteiger partial charge in [-0.25, -0.2) is 0 Å². The summed E-state index contributed by atoms with van der Waals surface area (Å²) in [6, 6.07) is 23.6. The second kappa shape index (κ2) is 10.2. The molecule has 2 N–H and O–H groups in total. The molecule has 8 heteroatoms. The Morgan fingerprint density at radius 3 is 2.61 bits per heavy atom. The molecular weight excluding hydrogens is 470 g/mol. The van der Waals surface area contributed by atoms with Crippen LogP contribution in [0, 0.1) is 0 Å². The number of methoxy groups -OCH3 is 1. The van der Waals surface area contributed by atoms with Crippen LogP contribution >= 0.6 is 12.2 Å². The lowest BCUT2D eigenvalue weighted by Crippen LogP contribution is -2.29. The molecule has 1 amide bonds. The Hall–Kier alpha value is -4.17. The fourth-order valence-electron chi connectivity index (χ4n) is 4.49. The third-order valence-electron chi connectivity index (χ3n) is 6.27. The molecule has 4 aromatic rings. The van der Waals surface area contributed by atoms with Gasteiger partial charge >= 0.3 is 0 Å². The standard InChI is InChI=1S/C28H27N5O2S/c1-3-25(34)30-22-13-12-21(17-24(22)35-2)33-27(26(31-28(33)36)23-11-7-8-15-29-23)19-14-16-32(18-19)20-9-5-4-6-10-20/h4-18,26-27H,3H2,1-2H3,(H,30,34)(H,31,36). The molecule has 7 nitrogen and oxygen atoms in total. The van der Waals surface area contributed by atoms with Crippen LogP contribution in [0.1, 0.15) is 36.7 Å². The van der Waals surface area contributed by atoms with E-state index in [1.807, 2.05) is 61.5 Å². The minimum atomic E-state index is -0.157.